The van der Waals surface area contributed by atoms with Crippen LogP contribution in [-0.2, 0) is 16.0 Å². The molecule has 0 bridgehead atoms. The Kier molecular flexibility index (Phi) is 6.46. The molecule has 2 aliphatic heterocycles. The van der Waals surface area contributed by atoms with Gasteiger partial charge in [-0.25, -0.2) is 9.69 Å². The van der Waals surface area contributed by atoms with Gasteiger partial charge in [0.15, 0.2) is 0 Å². The van der Waals surface area contributed by atoms with Crippen LogP contribution in [0.15, 0.2) is 48.0 Å². The van der Waals surface area contributed by atoms with E-state index in [-0.39, 0.29) is 5.57 Å². The summed E-state index contributed by atoms with van der Waals surface area (Å²) in [4.78, 5) is 41.5. The molecule has 8 heteroatoms. The SMILES string of the molecule is CCOc1ccccc1N1C(=O)NC(=O)/C(=C\c2ccc3c(c2)CCN3CCCCl)C1=O. The standard InChI is InChI=1S/C24H24ClN3O4/c1-2-32-21-7-4-3-6-20(21)28-23(30)18(22(29)26-24(28)31)15-16-8-9-19-17(14-16)10-13-27(19)12-5-11-25/h3-4,6-9,14-15H,2,5,10-13H2,1H3,(H,26,29,31)/b18-15+. The second kappa shape index (κ2) is 9.44. The number of rotatable bonds is 7. The van der Waals surface area contributed by atoms with Crippen LogP contribution in [0.3, 0.4) is 0 Å². The normalized spacial score (nSPS) is 17.1. The zero-order chi connectivity index (χ0) is 22.7. The number of ether oxygens (including phenoxy) is 1. The number of hydrogen-bond acceptors (Lipinski definition) is 5. The maximum atomic E-state index is 13.2. The van der Waals surface area contributed by atoms with E-state index < -0.39 is 17.8 Å². The van der Waals surface area contributed by atoms with Gasteiger partial charge >= 0.3 is 6.03 Å². The smallest absolute Gasteiger partial charge is 0.336 e. The molecule has 4 rings (SSSR count). The largest absolute Gasteiger partial charge is 0.492 e. The van der Waals surface area contributed by atoms with E-state index in [0.717, 1.165) is 47.6 Å². The Balaban J connectivity index is 1.65. The fraction of sp³-hybridized carbons (Fsp3) is 0.292. The first-order valence-corrected chi connectivity index (χ1v) is 11.1. The first-order chi connectivity index (χ1) is 15.5. The number of benzene rings is 2. The maximum Gasteiger partial charge on any atom is 0.336 e. The van der Waals surface area contributed by atoms with Crippen LogP contribution < -0.4 is 19.9 Å². The number of para-hydroxylation sites is 2. The summed E-state index contributed by atoms with van der Waals surface area (Å²) < 4.78 is 5.56. The molecule has 1 fully saturated rings. The van der Waals surface area contributed by atoms with Crippen molar-refractivity contribution >= 4 is 46.9 Å². The van der Waals surface area contributed by atoms with Gasteiger partial charge in [0, 0.05) is 24.7 Å². The number of barbiturate groups is 1. The number of imide groups is 2. The zero-order valence-corrected chi connectivity index (χ0v) is 18.5. The predicted octanol–water partition coefficient (Wildman–Crippen LogP) is 3.74. The predicted molar refractivity (Wildman–Crippen MR) is 124 cm³/mol. The van der Waals surface area contributed by atoms with Crippen molar-refractivity contribution in [2.24, 2.45) is 0 Å². The molecular weight excluding hydrogens is 430 g/mol. The van der Waals surface area contributed by atoms with Gasteiger partial charge < -0.3 is 9.64 Å². The third-order valence-corrected chi connectivity index (χ3v) is 5.74. The van der Waals surface area contributed by atoms with E-state index in [1.165, 1.54) is 6.08 Å². The van der Waals surface area contributed by atoms with Crippen LogP contribution in [0.1, 0.15) is 24.5 Å². The molecular formula is C24H24ClN3O4. The van der Waals surface area contributed by atoms with E-state index >= 15 is 0 Å². The summed E-state index contributed by atoms with van der Waals surface area (Å²) in [6, 6.07) is 11.8. The first-order valence-electron chi connectivity index (χ1n) is 10.6. The van der Waals surface area contributed by atoms with Crippen molar-refractivity contribution in [3.8, 4) is 5.75 Å². The number of nitrogens with one attached hydrogen (secondary N) is 1. The Hall–Kier alpha value is -3.32. The Labute approximate surface area is 191 Å². The molecule has 2 aromatic carbocycles. The minimum absolute atomic E-state index is 0.104. The molecule has 0 spiro atoms. The molecule has 166 valence electrons. The monoisotopic (exact) mass is 453 g/mol. The number of amides is 4. The number of carbonyl (C=O) groups is 3. The van der Waals surface area contributed by atoms with Gasteiger partial charge in [0.05, 0.1) is 12.3 Å². The van der Waals surface area contributed by atoms with E-state index in [4.69, 9.17) is 16.3 Å². The van der Waals surface area contributed by atoms with E-state index in [0.29, 0.717) is 23.9 Å². The lowest BCUT2D eigenvalue weighted by Crippen LogP contribution is -2.54. The number of nitrogens with zero attached hydrogens (tertiary/aromatic N) is 2. The highest BCUT2D eigenvalue weighted by Gasteiger charge is 2.38. The lowest BCUT2D eigenvalue weighted by molar-refractivity contribution is -0.122. The lowest BCUT2D eigenvalue weighted by Gasteiger charge is -2.27. The fourth-order valence-electron chi connectivity index (χ4n) is 4.03. The Bertz CT molecular complexity index is 1100. The summed E-state index contributed by atoms with van der Waals surface area (Å²) in [5.41, 5.74) is 3.23. The van der Waals surface area contributed by atoms with Gasteiger partial charge in [0.2, 0.25) is 0 Å². The van der Waals surface area contributed by atoms with Gasteiger partial charge in [0.1, 0.15) is 11.3 Å². The van der Waals surface area contributed by atoms with Crippen molar-refractivity contribution in [3.63, 3.8) is 0 Å². The minimum Gasteiger partial charge on any atom is -0.492 e. The second-order valence-electron chi connectivity index (χ2n) is 7.53. The van der Waals surface area contributed by atoms with Crippen LogP contribution in [0.4, 0.5) is 16.2 Å². The number of hydrogen-bond donors (Lipinski definition) is 1. The summed E-state index contributed by atoms with van der Waals surface area (Å²) in [5.74, 6) is -0.388. The summed E-state index contributed by atoms with van der Waals surface area (Å²) in [7, 11) is 0. The van der Waals surface area contributed by atoms with Crippen molar-refractivity contribution in [2.45, 2.75) is 19.8 Å². The molecule has 2 heterocycles. The Morgan fingerprint density at radius 2 is 1.94 bits per heavy atom. The van der Waals surface area contributed by atoms with Gasteiger partial charge in [-0.1, -0.05) is 18.2 Å². The van der Waals surface area contributed by atoms with E-state index in [9.17, 15) is 14.4 Å². The number of anilines is 2. The number of urea groups is 1. The molecule has 0 radical (unpaired) electrons. The molecule has 32 heavy (non-hydrogen) atoms. The first kappa shape index (κ1) is 21.9. The van der Waals surface area contributed by atoms with Gasteiger partial charge in [-0.15, -0.1) is 11.6 Å². The van der Waals surface area contributed by atoms with Crippen LogP contribution >= 0.6 is 11.6 Å². The average Bonchev–Trinajstić information content (AvgIpc) is 3.18. The van der Waals surface area contributed by atoms with Gasteiger partial charge in [0.25, 0.3) is 11.8 Å². The maximum absolute atomic E-state index is 13.2. The van der Waals surface area contributed by atoms with E-state index in [2.05, 4.69) is 10.2 Å². The molecule has 7 nitrogen and oxygen atoms in total. The number of carbonyl (C=O) groups excluding carboxylic acids is 3. The quantitative estimate of drug-likeness (QED) is 0.392. The molecule has 2 aromatic rings. The van der Waals surface area contributed by atoms with Crippen LogP contribution in [0.2, 0.25) is 0 Å². The van der Waals surface area contributed by atoms with Crippen molar-refractivity contribution in [2.75, 3.05) is 35.4 Å². The van der Waals surface area contributed by atoms with Crippen LogP contribution in [0.25, 0.3) is 6.08 Å². The zero-order valence-electron chi connectivity index (χ0n) is 17.8. The summed E-state index contributed by atoms with van der Waals surface area (Å²) in [6.07, 6.45) is 3.33. The number of fused-ring (bicyclic) bond motifs is 1. The summed E-state index contributed by atoms with van der Waals surface area (Å²) in [5, 5.41) is 2.26. The van der Waals surface area contributed by atoms with Gasteiger partial charge in [-0.3, -0.25) is 14.9 Å². The van der Waals surface area contributed by atoms with Crippen LogP contribution in [0, 0.1) is 0 Å². The summed E-state index contributed by atoms with van der Waals surface area (Å²) in [6.45, 7) is 4.00. The average molecular weight is 454 g/mol. The molecule has 1 saturated heterocycles. The highest BCUT2D eigenvalue weighted by Crippen LogP contribution is 2.32. The minimum atomic E-state index is -0.798. The Morgan fingerprint density at radius 3 is 2.72 bits per heavy atom. The third-order valence-electron chi connectivity index (χ3n) is 5.48. The fourth-order valence-corrected chi connectivity index (χ4v) is 4.14. The highest BCUT2D eigenvalue weighted by molar-refractivity contribution is 6.39. The number of halogens is 1. The number of alkyl halides is 1. The molecule has 0 unspecified atom stereocenters. The van der Waals surface area contributed by atoms with Gasteiger partial charge in [-0.05, 0) is 61.2 Å². The van der Waals surface area contributed by atoms with Crippen LogP contribution in [0.5, 0.6) is 5.75 Å². The van der Waals surface area contributed by atoms with Crippen molar-refractivity contribution < 1.29 is 19.1 Å². The highest BCUT2D eigenvalue weighted by atomic mass is 35.5. The molecule has 0 saturated carbocycles. The molecule has 0 atom stereocenters. The van der Waals surface area contributed by atoms with Crippen molar-refractivity contribution in [1.29, 1.82) is 0 Å². The van der Waals surface area contributed by atoms with Crippen molar-refractivity contribution in [1.82, 2.24) is 5.32 Å². The van der Waals surface area contributed by atoms with E-state index in [1.54, 1.807) is 24.3 Å². The Morgan fingerprint density at radius 1 is 1.12 bits per heavy atom. The lowest BCUT2D eigenvalue weighted by atomic mass is 10.0. The third kappa shape index (κ3) is 4.21. The van der Waals surface area contributed by atoms with Crippen molar-refractivity contribution in [3.05, 3.63) is 59.2 Å². The second-order valence-corrected chi connectivity index (χ2v) is 7.90. The molecule has 4 amide bonds. The summed E-state index contributed by atoms with van der Waals surface area (Å²) >= 11 is 5.82. The molecule has 0 aliphatic carbocycles. The topological polar surface area (TPSA) is 79.0 Å². The molecule has 2 aliphatic rings. The van der Waals surface area contributed by atoms with Crippen LogP contribution in [-0.4, -0.2) is 43.4 Å². The molecule has 0 aromatic heterocycles. The van der Waals surface area contributed by atoms with E-state index in [1.807, 2.05) is 25.1 Å². The van der Waals surface area contributed by atoms with Gasteiger partial charge in [-0.2, -0.15) is 0 Å². The molecule has 1 N–H and O–H groups in total.